The molecule has 120 valence electrons. The molecule has 0 bridgehead atoms. The fourth-order valence-electron chi connectivity index (χ4n) is 2.89. The zero-order chi connectivity index (χ0) is 15.4. The fourth-order valence-corrected chi connectivity index (χ4v) is 3.88. The Kier molecular flexibility index (Phi) is 5.28. The van der Waals surface area contributed by atoms with Crippen molar-refractivity contribution >= 4 is 27.2 Å². The number of fused-ring (bicyclic) bond motifs is 1. The number of nitrogens with zero attached hydrogens (tertiary/aromatic N) is 3. The van der Waals surface area contributed by atoms with Gasteiger partial charge in [-0.25, -0.2) is 4.98 Å². The number of nitrogens with one attached hydrogen (secondary N) is 1. The Hall–Kier alpha value is -1.17. The summed E-state index contributed by atoms with van der Waals surface area (Å²) in [6.45, 7) is 5.47. The molecule has 4 nitrogen and oxygen atoms in total. The van der Waals surface area contributed by atoms with E-state index in [1.807, 2.05) is 11.3 Å². The lowest BCUT2D eigenvalue weighted by Crippen LogP contribution is -2.28. The maximum absolute atomic E-state index is 4.84. The van der Waals surface area contributed by atoms with Crippen LogP contribution < -0.4 is 5.32 Å². The third-order valence-corrected chi connectivity index (χ3v) is 5.15. The summed E-state index contributed by atoms with van der Waals surface area (Å²) in [5.41, 5.74) is 2.30. The second-order valence-corrected chi connectivity index (χ2v) is 7.47. The molecule has 1 aromatic carbocycles. The third-order valence-electron chi connectivity index (χ3n) is 4.13. The second-order valence-electron chi connectivity index (χ2n) is 6.36. The Balaban J connectivity index is 1.64. The molecule has 5 heteroatoms. The molecule has 0 aliphatic carbocycles. The molecule has 1 aromatic heterocycles. The minimum Gasteiger partial charge on any atom is -0.384 e. The topological polar surface area (TPSA) is 31.4 Å². The molecule has 0 unspecified atom stereocenters. The molecule has 0 radical (unpaired) electrons. The Morgan fingerprint density at radius 3 is 2.82 bits per heavy atom. The van der Waals surface area contributed by atoms with Crippen LogP contribution in [0.25, 0.3) is 10.2 Å². The van der Waals surface area contributed by atoms with Crippen LogP contribution in [-0.2, 0) is 6.54 Å². The van der Waals surface area contributed by atoms with Gasteiger partial charge in [-0.3, -0.25) is 4.90 Å². The van der Waals surface area contributed by atoms with Gasteiger partial charge in [-0.15, -0.1) is 11.3 Å². The van der Waals surface area contributed by atoms with Gasteiger partial charge in [0.1, 0.15) is 5.01 Å². The van der Waals surface area contributed by atoms with Crippen LogP contribution in [0.1, 0.15) is 24.3 Å². The molecule has 2 heterocycles. The highest BCUT2D eigenvalue weighted by atomic mass is 32.1. The summed E-state index contributed by atoms with van der Waals surface area (Å²) < 4.78 is 1.30. The quantitative estimate of drug-likeness (QED) is 0.886. The van der Waals surface area contributed by atoms with Crippen molar-refractivity contribution in [2.24, 2.45) is 0 Å². The number of benzene rings is 1. The predicted molar refractivity (Wildman–Crippen MR) is 95.8 cm³/mol. The molecule has 1 aliphatic rings. The van der Waals surface area contributed by atoms with E-state index in [9.17, 15) is 0 Å². The van der Waals surface area contributed by atoms with E-state index in [1.165, 1.54) is 47.7 Å². The van der Waals surface area contributed by atoms with Crippen LogP contribution in [0.3, 0.4) is 0 Å². The zero-order valence-corrected chi connectivity index (χ0v) is 14.5. The van der Waals surface area contributed by atoms with Crippen molar-refractivity contribution in [2.75, 3.05) is 45.6 Å². The van der Waals surface area contributed by atoms with Gasteiger partial charge in [-0.2, -0.15) is 0 Å². The van der Waals surface area contributed by atoms with Crippen molar-refractivity contribution < 1.29 is 0 Å². The molecular weight excluding hydrogens is 292 g/mol. The fraction of sp³-hybridized carbons (Fsp3) is 0.588. The van der Waals surface area contributed by atoms with E-state index >= 15 is 0 Å². The number of hydrogen-bond acceptors (Lipinski definition) is 5. The summed E-state index contributed by atoms with van der Waals surface area (Å²) in [5.74, 6) is 0. The molecule has 0 saturated carbocycles. The van der Waals surface area contributed by atoms with Crippen LogP contribution in [0.2, 0.25) is 0 Å². The summed E-state index contributed by atoms with van der Waals surface area (Å²) >= 11 is 1.84. The number of likely N-dealkylation sites (N-methyl/N-ethyl adjacent to an activating group) is 1. The van der Waals surface area contributed by atoms with Gasteiger partial charge in [0.05, 0.1) is 16.8 Å². The summed E-state index contributed by atoms with van der Waals surface area (Å²) in [5, 5.41) is 4.72. The first kappa shape index (κ1) is 15.7. The van der Waals surface area contributed by atoms with Crippen molar-refractivity contribution in [1.29, 1.82) is 0 Å². The number of likely N-dealkylation sites (tertiary alicyclic amines) is 1. The second kappa shape index (κ2) is 7.40. The first-order valence-electron chi connectivity index (χ1n) is 8.21. The van der Waals surface area contributed by atoms with Crippen LogP contribution in [0.5, 0.6) is 0 Å². The Labute approximate surface area is 137 Å². The van der Waals surface area contributed by atoms with Gasteiger partial charge in [0.15, 0.2) is 0 Å². The highest BCUT2D eigenvalue weighted by Gasteiger charge is 2.13. The Morgan fingerprint density at radius 1 is 1.23 bits per heavy atom. The van der Waals surface area contributed by atoms with Crippen molar-refractivity contribution in [2.45, 2.75) is 25.8 Å². The Bertz CT molecular complexity index is 602. The van der Waals surface area contributed by atoms with Gasteiger partial charge >= 0.3 is 0 Å². The standard InChI is InChI=1S/C17H26N4S/c1-20(2)11-8-18-14-6-7-16-15(12-14)19-17(22-16)13-21-9-4-3-5-10-21/h6-7,12,18H,3-5,8-11,13H2,1-2H3. The van der Waals surface area contributed by atoms with Crippen LogP contribution >= 0.6 is 11.3 Å². The monoisotopic (exact) mass is 318 g/mol. The lowest BCUT2D eigenvalue weighted by atomic mass is 10.1. The predicted octanol–water partition coefficient (Wildman–Crippen LogP) is 3.26. The van der Waals surface area contributed by atoms with Gasteiger partial charge in [0.2, 0.25) is 0 Å². The summed E-state index contributed by atoms with van der Waals surface area (Å²) in [7, 11) is 4.19. The minimum absolute atomic E-state index is 0.962. The number of rotatable bonds is 6. The van der Waals surface area contributed by atoms with E-state index in [1.54, 1.807) is 0 Å². The van der Waals surface area contributed by atoms with Gasteiger partial charge < -0.3 is 10.2 Å². The van der Waals surface area contributed by atoms with E-state index in [0.29, 0.717) is 0 Å². The molecule has 0 amide bonds. The lowest BCUT2D eigenvalue weighted by molar-refractivity contribution is 0.221. The largest absolute Gasteiger partial charge is 0.384 e. The molecule has 0 spiro atoms. The van der Waals surface area contributed by atoms with E-state index in [2.05, 4.69) is 47.4 Å². The molecule has 1 saturated heterocycles. The summed E-state index contributed by atoms with van der Waals surface area (Å²) in [6.07, 6.45) is 4.06. The highest BCUT2D eigenvalue weighted by Crippen LogP contribution is 2.26. The SMILES string of the molecule is CN(C)CCNc1ccc2sc(CN3CCCCC3)nc2c1. The van der Waals surface area contributed by atoms with Gasteiger partial charge in [-0.1, -0.05) is 6.42 Å². The number of aromatic nitrogens is 1. The molecule has 1 aliphatic heterocycles. The van der Waals surface area contributed by atoms with Crippen molar-refractivity contribution in [3.63, 3.8) is 0 Å². The summed E-state index contributed by atoms with van der Waals surface area (Å²) in [6, 6.07) is 6.55. The van der Waals surface area contributed by atoms with E-state index in [-0.39, 0.29) is 0 Å². The number of hydrogen-bond donors (Lipinski definition) is 1. The van der Waals surface area contributed by atoms with Gasteiger partial charge in [0, 0.05) is 18.8 Å². The maximum atomic E-state index is 4.84. The molecule has 22 heavy (non-hydrogen) atoms. The smallest absolute Gasteiger partial charge is 0.108 e. The van der Waals surface area contributed by atoms with E-state index in [4.69, 9.17) is 4.98 Å². The first-order chi connectivity index (χ1) is 10.7. The molecule has 3 rings (SSSR count). The number of thiazole rings is 1. The van der Waals surface area contributed by atoms with Gasteiger partial charge in [0.25, 0.3) is 0 Å². The van der Waals surface area contributed by atoms with Gasteiger partial charge in [-0.05, 0) is 58.2 Å². The van der Waals surface area contributed by atoms with Crippen LogP contribution in [0.4, 0.5) is 5.69 Å². The van der Waals surface area contributed by atoms with E-state index < -0.39 is 0 Å². The zero-order valence-electron chi connectivity index (χ0n) is 13.6. The normalized spacial score (nSPS) is 16.5. The molecular formula is C17H26N4S. The lowest BCUT2D eigenvalue weighted by Gasteiger charge is -2.25. The van der Waals surface area contributed by atoms with Crippen molar-refractivity contribution in [1.82, 2.24) is 14.8 Å². The average molecular weight is 318 g/mol. The molecule has 2 aromatic rings. The van der Waals surface area contributed by atoms with E-state index in [0.717, 1.165) is 25.2 Å². The maximum Gasteiger partial charge on any atom is 0.108 e. The third kappa shape index (κ3) is 4.18. The first-order valence-corrected chi connectivity index (χ1v) is 9.03. The van der Waals surface area contributed by atoms with Crippen molar-refractivity contribution in [3.05, 3.63) is 23.2 Å². The summed E-state index contributed by atoms with van der Waals surface area (Å²) in [4.78, 5) is 9.56. The highest BCUT2D eigenvalue weighted by molar-refractivity contribution is 7.18. The average Bonchev–Trinajstić information content (AvgIpc) is 2.89. The van der Waals surface area contributed by atoms with Crippen LogP contribution in [0.15, 0.2) is 18.2 Å². The minimum atomic E-state index is 0.962. The number of piperidine rings is 1. The molecule has 0 atom stereocenters. The van der Waals surface area contributed by atoms with Crippen molar-refractivity contribution in [3.8, 4) is 0 Å². The number of anilines is 1. The molecule has 1 N–H and O–H groups in total. The Morgan fingerprint density at radius 2 is 2.05 bits per heavy atom. The van der Waals surface area contributed by atoms with Crippen LogP contribution in [0, 0.1) is 0 Å². The van der Waals surface area contributed by atoms with Crippen LogP contribution in [-0.4, -0.2) is 55.1 Å². The molecule has 1 fully saturated rings.